The fourth-order valence-electron chi connectivity index (χ4n) is 3.64. The van der Waals surface area contributed by atoms with Gasteiger partial charge in [0.25, 0.3) is 5.56 Å². The van der Waals surface area contributed by atoms with E-state index in [-0.39, 0.29) is 11.6 Å². The summed E-state index contributed by atoms with van der Waals surface area (Å²) in [4.78, 5) is 16.8. The predicted molar refractivity (Wildman–Crippen MR) is 114 cm³/mol. The van der Waals surface area contributed by atoms with Crippen LogP contribution in [-0.4, -0.2) is 24.1 Å². The number of hydrogen-bond donors (Lipinski definition) is 0. The highest BCUT2D eigenvalue weighted by Gasteiger charge is 2.13. The van der Waals surface area contributed by atoms with Crippen LogP contribution in [0.4, 0.5) is 0 Å². The number of rotatable bonds is 3. The molecule has 0 saturated heterocycles. The molecule has 0 atom stereocenters. The van der Waals surface area contributed by atoms with Crippen molar-refractivity contribution in [3.05, 3.63) is 83.5 Å². The van der Waals surface area contributed by atoms with Crippen LogP contribution in [0.2, 0.25) is 0 Å². The van der Waals surface area contributed by atoms with Crippen LogP contribution in [0.1, 0.15) is 19.9 Å². The molecule has 0 fully saturated rings. The number of aromatic nitrogens is 5. The number of nitrogens with zero attached hydrogens (tertiary/aromatic N) is 5. The zero-order chi connectivity index (χ0) is 20.0. The van der Waals surface area contributed by atoms with E-state index in [9.17, 15) is 4.79 Å². The highest BCUT2D eigenvalue weighted by Crippen LogP contribution is 2.27. The van der Waals surface area contributed by atoms with Crippen molar-refractivity contribution in [1.82, 2.24) is 24.1 Å². The Balaban J connectivity index is 1.62. The average molecular weight is 381 g/mol. The molecule has 0 aliphatic rings. The van der Waals surface area contributed by atoms with Crippen LogP contribution in [0.25, 0.3) is 39.1 Å². The number of pyridine rings is 3. The first kappa shape index (κ1) is 17.3. The number of para-hydroxylation sites is 1. The minimum Gasteiger partial charge on any atom is -0.313 e. The van der Waals surface area contributed by atoms with Crippen molar-refractivity contribution in [2.75, 3.05) is 0 Å². The summed E-state index contributed by atoms with van der Waals surface area (Å²) in [6, 6.07) is 17.6. The van der Waals surface area contributed by atoms with E-state index in [4.69, 9.17) is 0 Å². The van der Waals surface area contributed by atoms with Crippen LogP contribution in [0.15, 0.2) is 78.0 Å². The van der Waals surface area contributed by atoms with Crippen molar-refractivity contribution in [3.8, 4) is 22.5 Å². The molecule has 0 aliphatic heterocycles. The zero-order valence-electron chi connectivity index (χ0n) is 16.1. The van der Waals surface area contributed by atoms with Crippen LogP contribution in [0.5, 0.6) is 0 Å². The quantitative estimate of drug-likeness (QED) is 0.466. The molecule has 0 bridgehead atoms. The Morgan fingerprint density at radius 3 is 2.52 bits per heavy atom. The Morgan fingerprint density at radius 2 is 1.69 bits per heavy atom. The monoisotopic (exact) mass is 381 g/mol. The van der Waals surface area contributed by atoms with E-state index >= 15 is 0 Å². The van der Waals surface area contributed by atoms with Gasteiger partial charge in [-0.1, -0.05) is 18.2 Å². The summed E-state index contributed by atoms with van der Waals surface area (Å²) in [5, 5.41) is 9.82. The lowest BCUT2D eigenvalue weighted by Gasteiger charge is -2.10. The minimum atomic E-state index is -0.0113. The summed E-state index contributed by atoms with van der Waals surface area (Å²) in [5.74, 6) is 0.764. The Bertz CT molecular complexity index is 1410. The van der Waals surface area contributed by atoms with Crippen LogP contribution < -0.4 is 5.56 Å². The van der Waals surface area contributed by atoms with Gasteiger partial charge in [-0.2, -0.15) is 0 Å². The molecule has 5 aromatic rings. The zero-order valence-corrected chi connectivity index (χ0v) is 16.1. The second-order valence-electron chi connectivity index (χ2n) is 7.30. The molecular weight excluding hydrogens is 362 g/mol. The lowest BCUT2D eigenvalue weighted by Crippen LogP contribution is -2.20. The fourth-order valence-corrected chi connectivity index (χ4v) is 3.64. The first-order chi connectivity index (χ1) is 14.1. The molecule has 4 heterocycles. The van der Waals surface area contributed by atoms with Crippen LogP contribution in [0, 0.1) is 0 Å². The van der Waals surface area contributed by atoms with Crippen molar-refractivity contribution in [3.63, 3.8) is 0 Å². The topological polar surface area (TPSA) is 65.1 Å². The molecule has 0 radical (unpaired) electrons. The fraction of sp³-hybridized carbons (Fsp3) is 0.130. The normalized spacial score (nSPS) is 11.6. The maximum atomic E-state index is 12.4. The summed E-state index contributed by atoms with van der Waals surface area (Å²) in [6.07, 6.45) is 5.57. The molecule has 0 spiro atoms. The molecule has 142 valence electrons. The van der Waals surface area contributed by atoms with Gasteiger partial charge in [-0.3, -0.25) is 14.2 Å². The SMILES string of the molecule is CC(C)n1ccc(-c2ccn3c(-c4ccnc5ccccc45)nnc3c2)cc1=O. The molecule has 0 N–H and O–H groups in total. The standard InChI is InChI=1S/C23H19N5O/c1-15(2)27-11-8-17(14-22(27)29)16-9-12-28-21(13-16)25-26-23(28)19-7-10-24-20-6-4-3-5-18(19)20/h3-15H,1-2H3. The van der Waals surface area contributed by atoms with Crippen molar-refractivity contribution in [2.24, 2.45) is 0 Å². The number of benzene rings is 1. The molecule has 5 rings (SSSR count). The van der Waals surface area contributed by atoms with Crippen molar-refractivity contribution in [1.29, 1.82) is 0 Å². The van der Waals surface area contributed by atoms with Gasteiger partial charge >= 0.3 is 0 Å². The summed E-state index contributed by atoms with van der Waals surface area (Å²) < 4.78 is 3.67. The number of hydrogen-bond acceptors (Lipinski definition) is 4. The van der Waals surface area contributed by atoms with Gasteiger partial charge in [0.1, 0.15) is 0 Å². The average Bonchev–Trinajstić information content (AvgIpc) is 3.16. The van der Waals surface area contributed by atoms with Gasteiger partial charge < -0.3 is 4.57 Å². The Morgan fingerprint density at radius 1 is 0.897 bits per heavy atom. The molecular formula is C23H19N5O. The molecule has 0 unspecified atom stereocenters. The van der Waals surface area contributed by atoms with Gasteiger partial charge in [0.15, 0.2) is 11.5 Å². The van der Waals surface area contributed by atoms with Crippen molar-refractivity contribution in [2.45, 2.75) is 19.9 Å². The lowest BCUT2D eigenvalue weighted by atomic mass is 10.1. The summed E-state index contributed by atoms with van der Waals surface area (Å²) >= 11 is 0. The van der Waals surface area contributed by atoms with E-state index in [2.05, 4.69) is 15.2 Å². The highest BCUT2D eigenvalue weighted by atomic mass is 16.1. The van der Waals surface area contributed by atoms with E-state index in [1.54, 1.807) is 16.8 Å². The molecule has 0 aliphatic carbocycles. The lowest BCUT2D eigenvalue weighted by molar-refractivity contribution is 0.579. The van der Waals surface area contributed by atoms with Gasteiger partial charge in [-0.05, 0) is 55.3 Å². The highest BCUT2D eigenvalue weighted by molar-refractivity contribution is 5.92. The van der Waals surface area contributed by atoms with E-state index < -0.39 is 0 Å². The Labute approximate surface area is 167 Å². The van der Waals surface area contributed by atoms with Gasteiger partial charge in [0, 0.05) is 41.6 Å². The van der Waals surface area contributed by atoms with E-state index in [0.29, 0.717) is 0 Å². The maximum absolute atomic E-state index is 12.4. The third-order valence-corrected chi connectivity index (χ3v) is 5.14. The first-order valence-electron chi connectivity index (χ1n) is 9.53. The molecule has 6 nitrogen and oxygen atoms in total. The Kier molecular flexibility index (Phi) is 3.98. The van der Waals surface area contributed by atoms with Gasteiger partial charge in [0.2, 0.25) is 0 Å². The van der Waals surface area contributed by atoms with Gasteiger partial charge in [-0.25, -0.2) is 0 Å². The molecule has 29 heavy (non-hydrogen) atoms. The van der Waals surface area contributed by atoms with Crippen molar-refractivity contribution >= 4 is 16.6 Å². The summed E-state index contributed by atoms with van der Waals surface area (Å²) in [7, 11) is 0. The van der Waals surface area contributed by atoms with E-state index in [0.717, 1.165) is 39.1 Å². The summed E-state index contributed by atoms with van der Waals surface area (Å²) in [6.45, 7) is 3.99. The predicted octanol–water partition coefficient (Wildman–Crippen LogP) is 4.35. The first-order valence-corrected chi connectivity index (χ1v) is 9.53. The third-order valence-electron chi connectivity index (χ3n) is 5.14. The molecule has 0 saturated carbocycles. The van der Waals surface area contributed by atoms with E-state index in [1.165, 1.54) is 0 Å². The number of fused-ring (bicyclic) bond motifs is 2. The molecule has 1 aromatic carbocycles. The largest absolute Gasteiger partial charge is 0.313 e. The van der Waals surface area contributed by atoms with Gasteiger partial charge in [-0.15, -0.1) is 10.2 Å². The van der Waals surface area contributed by atoms with Crippen molar-refractivity contribution < 1.29 is 0 Å². The maximum Gasteiger partial charge on any atom is 0.251 e. The second kappa shape index (κ2) is 6.67. The minimum absolute atomic E-state index is 0.0113. The van der Waals surface area contributed by atoms with E-state index in [1.807, 2.05) is 79.2 Å². The molecule has 4 aromatic heterocycles. The van der Waals surface area contributed by atoms with Gasteiger partial charge in [0.05, 0.1) is 5.52 Å². The van der Waals surface area contributed by atoms with Crippen LogP contribution in [0.3, 0.4) is 0 Å². The summed E-state index contributed by atoms with van der Waals surface area (Å²) in [5.41, 5.74) is 4.42. The molecule has 6 heteroatoms. The third kappa shape index (κ3) is 2.89. The Hall–Kier alpha value is -3.80. The second-order valence-corrected chi connectivity index (χ2v) is 7.30. The molecule has 0 amide bonds. The van der Waals surface area contributed by atoms with Crippen LogP contribution in [-0.2, 0) is 0 Å². The smallest absolute Gasteiger partial charge is 0.251 e. The van der Waals surface area contributed by atoms with Crippen LogP contribution >= 0.6 is 0 Å².